The number of ether oxygens (including phenoxy) is 2. The number of hydrogen-bond donors (Lipinski definition) is 2. The summed E-state index contributed by atoms with van der Waals surface area (Å²) in [6.07, 6.45) is 74.6. The molecule has 0 amide bonds. The molecule has 3 N–H and O–H groups in total. The number of carbonyl (C=O) groups is 2. The first-order valence-corrected chi connectivity index (χ1v) is 35.2. The van der Waals surface area contributed by atoms with E-state index in [9.17, 15) is 19.0 Å². The fourth-order valence-electron chi connectivity index (χ4n) is 10.4. The monoisotopic (exact) mass is 1100 g/mol. The van der Waals surface area contributed by atoms with Crippen LogP contribution in [0.2, 0.25) is 0 Å². The Balaban J connectivity index is 3.79. The van der Waals surface area contributed by atoms with E-state index >= 15 is 0 Å². The van der Waals surface area contributed by atoms with Crippen molar-refractivity contribution in [2.45, 2.75) is 373 Å². The number of nitrogens with two attached hydrogens (primary N) is 1. The molecule has 0 aliphatic rings. The highest BCUT2D eigenvalue weighted by atomic mass is 31.2. The zero-order valence-electron chi connectivity index (χ0n) is 50.8. The van der Waals surface area contributed by atoms with Crippen LogP contribution < -0.4 is 5.73 Å². The van der Waals surface area contributed by atoms with Crippen molar-refractivity contribution in [3.05, 3.63) is 12.2 Å². The molecule has 0 fully saturated rings. The third kappa shape index (κ3) is 62.0. The van der Waals surface area contributed by atoms with Crippen LogP contribution in [0.1, 0.15) is 367 Å². The van der Waals surface area contributed by atoms with Crippen molar-refractivity contribution in [2.24, 2.45) is 5.73 Å². The Hall–Kier alpha value is -1.25. The maximum absolute atomic E-state index is 12.7. The van der Waals surface area contributed by atoms with Gasteiger partial charge in [-0.2, -0.15) is 0 Å². The Bertz CT molecular complexity index is 1250. The molecule has 0 aromatic carbocycles. The van der Waals surface area contributed by atoms with E-state index < -0.39 is 26.5 Å². The molecule has 452 valence electrons. The number of unbranched alkanes of at least 4 members (excludes halogenated alkanes) is 50. The molecular formula is C66H130NO8P. The van der Waals surface area contributed by atoms with Crippen LogP contribution in [0.4, 0.5) is 0 Å². The molecule has 9 nitrogen and oxygen atoms in total. The Morgan fingerprint density at radius 3 is 0.934 bits per heavy atom. The van der Waals surface area contributed by atoms with Crippen LogP contribution in [-0.2, 0) is 32.7 Å². The van der Waals surface area contributed by atoms with Crippen LogP contribution in [-0.4, -0.2) is 49.3 Å². The number of hydrogen-bond acceptors (Lipinski definition) is 8. The first kappa shape index (κ1) is 74.8. The van der Waals surface area contributed by atoms with E-state index in [2.05, 4.69) is 26.0 Å². The number of esters is 2. The maximum atomic E-state index is 12.7. The van der Waals surface area contributed by atoms with Crippen LogP contribution in [0.25, 0.3) is 0 Å². The minimum Gasteiger partial charge on any atom is -0.462 e. The zero-order chi connectivity index (χ0) is 55.2. The van der Waals surface area contributed by atoms with Gasteiger partial charge >= 0.3 is 19.8 Å². The van der Waals surface area contributed by atoms with Gasteiger partial charge in [0.25, 0.3) is 0 Å². The maximum Gasteiger partial charge on any atom is 0.472 e. The average Bonchev–Trinajstić information content (AvgIpc) is 3.41. The van der Waals surface area contributed by atoms with Gasteiger partial charge in [0.1, 0.15) is 6.61 Å². The molecule has 0 aromatic heterocycles. The van der Waals surface area contributed by atoms with Gasteiger partial charge < -0.3 is 20.1 Å². The van der Waals surface area contributed by atoms with Crippen molar-refractivity contribution in [1.82, 2.24) is 0 Å². The fraction of sp³-hybridized carbons (Fsp3) is 0.939. The predicted molar refractivity (Wildman–Crippen MR) is 326 cm³/mol. The fourth-order valence-corrected chi connectivity index (χ4v) is 11.2. The van der Waals surface area contributed by atoms with Crippen LogP contribution in [0, 0.1) is 0 Å². The highest BCUT2D eigenvalue weighted by molar-refractivity contribution is 7.47. The standard InChI is InChI=1S/C66H130NO8P/c1-3-5-7-9-11-13-15-17-19-21-23-25-26-27-28-29-30-31-32-33-34-35-36-37-39-40-42-44-46-48-50-52-54-56-58-65(68)72-62-64(63-74-76(70,71)73-61-60-67)75-66(69)59-57-55-53-51-49-47-45-43-41-38-24-22-20-18-16-14-12-10-8-6-4-2/h22,24,64H,3-21,23,25-63,67H2,1-2H3,(H,70,71)/b24-22-. The summed E-state index contributed by atoms with van der Waals surface area (Å²) in [5.41, 5.74) is 5.39. The lowest BCUT2D eigenvalue weighted by molar-refractivity contribution is -0.161. The minimum absolute atomic E-state index is 0.0566. The largest absolute Gasteiger partial charge is 0.472 e. The molecule has 0 spiro atoms. The summed E-state index contributed by atoms with van der Waals surface area (Å²) in [7, 11) is -4.39. The number of phosphoric acid groups is 1. The molecule has 76 heavy (non-hydrogen) atoms. The lowest BCUT2D eigenvalue weighted by Gasteiger charge is -2.19. The van der Waals surface area contributed by atoms with Crippen molar-refractivity contribution in [2.75, 3.05) is 26.4 Å². The summed E-state index contributed by atoms with van der Waals surface area (Å²) < 4.78 is 33.1. The van der Waals surface area contributed by atoms with Crippen molar-refractivity contribution >= 4 is 19.8 Å². The molecule has 0 aliphatic carbocycles. The first-order valence-electron chi connectivity index (χ1n) is 33.7. The molecule has 0 bridgehead atoms. The average molecular weight is 1100 g/mol. The number of carbonyl (C=O) groups excluding carboxylic acids is 2. The van der Waals surface area contributed by atoms with E-state index in [0.29, 0.717) is 6.42 Å². The van der Waals surface area contributed by atoms with Crippen LogP contribution >= 0.6 is 7.82 Å². The van der Waals surface area contributed by atoms with E-state index in [4.69, 9.17) is 24.3 Å². The number of phosphoric ester groups is 1. The van der Waals surface area contributed by atoms with Crippen molar-refractivity contribution in [1.29, 1.82) is 0 Å². The second-order valence-corrected chi connectivity index (χ2v) is 24.5. The van der Waals surface area contributed by atoms with Crippen molar-refractivity contribution < 1.29 is 37.6 Å². The lowest BCUT2D eigenvalue weighted by Crippen LogP contribution is -2.29. The van der Waals surface area contributed by atoms with Crippen LogP contribution in [0.3, 0.4) is 0 Å². The normalized spacial score (nSPS) is 12.9. The van der Waals surface area contributed by atoms with Gasteiger partial charge in [-0.15, -0.1) is 0 Å². The van der Waals surface area contributed by atoms with Gasteiger partial charge in [-0.3, -0.25) is 18.6 Å². The summed E-state index contributed by atoms with van der Waals surface area (Å²) >= 11 is 0. The van der Waals surface area contributed by atoms with E-state index in [-0.39, 0.29) is 38.6 Å². The van der Waals surface area contributed by atoms with Gasteiger partial charge in [-0.05, 0) is 38.5 Å². The Morgan fingerprint density at radius 1 is 0.382 bits per heavy atom. The minimum atomic E-state index is -4.39. The highest BCUT2D eigenvalue weighted by Gasteiger charge is 2.26. The van der Waals surface area contributed by atoms with Gasteiger partial charge in [-0.1, -0.05) is 328 Å². The molecule has 0 heterocycles. The molecule has 0 saturated carbocycles. The molecule has 0 radical (unpaired) electrons. The summed E-state index contributed by atoms with van der Waals surface area (Å²) in [4.78, 5) is 35.3. The second kappa shape index (κ2) is 62.9. The van der Waals surface area contributed by atoms with Crippen molar-refractivity contribution in [3.8, 4) is 0 Å². The molecule has 0 aromatic rings. The summed E-state index contributed by atoms with van der Waals surface area (Å²) in [6, 6.07) is 0. The van der Waals surface area contributed by atoms with Crippen LogP contribution in [0.15, 0.2) is 12.2 Å². The molecule has 0 saturated heterocycles. The van der Waals surface area contributed by atoms with Gasteiger partial charge in [0.2, 0.25) is 0 Å². The Kier molecular flexibility index (Phi) is 61.9. The predicted octanol–water partition coefficient (Wildman–Crippen LogP) is 21.6. The Morgan fingerprint density at radius 2 is 0.645 bits per heavy atom. The third-order valence-electron chi connectivity index (χ3n) is 15.4. The molecule has 0 aliphatic heterocycles. The molecule has 10 heteroatoms. The Labute approximate surface area is 472 Å². The summed E-state index contributed by atoms with van der Waals surface area (Å²) in [6.45, 7) is 3.82. The number of allylic oxidation sites excluding steroid dienone is 2. The van der Waals surface area contributed by atoms with E-state index in [1.54, 1.807) is 0 Å². The topological polar surface area (TPSA) is 134 Å². The molecular weight excluding hydrogens is 966 g/mol. The smallest absolute Gasteiger partial charge is 0.462 e. The van der Waals surface area contributed by atoms with E-state index in [1.807, 2.05) is 0 Å². The summed E-state index contributed by atoms with van der Waals surface area (Å²) in [5, 5.41) is 0. The van der Waals surface area contributed by atoms with Gasteiger partial charge in [-0.25, -0.2) is 4.57 Å². The molecule has 2 unspecified atom stereocenters. The molecule has 0 rings (SSSR count). The van der Waals surface area contributed by atoms with Gasteiger partial charge in [0, 0.05) is 19.4 Å². The first-order chi connectivity index (χ1) is 37.3. The van der Waals surface area contributed by atoms with Crippen molar-refractivity contribution in [3.63, 3.8) is 0 Å². The van der Waals surface area contributed by atoms with Crippen LogP contribution in [0.5, 0.6) is 0 Å². The highest BCUT2D eigenvalue weighted by Crippen LogP contribution is 2.43. The quantitative estimate of drug-likeness (QED) is 0.0264. The van der Waals surface area contributed by atoms with E-state index in [0.717, 1.165) is 38.5 Å². The second-order valence-electron chi connectivity index (χ2n) is 23.1. The zero-order valence-corrected chi connectivity index (χ0v) is 51.7. The SMILES string of the molecule is CCCCCCCCCC/C=C\CCCCCCCCCCCC(=O)OC(COC(=O)CCCCCCCCCCCCCCCCCCCCCCCCCCCCCCCCCCCC)COP(=O)(O)OCCN. The third-order valence-corrected chi connectivity index (χ3v) is 16.4. The van der Waals surface area contributed by atoms with Gasteiger partial charge in [0.05, 0.1) is 13.2 Å². The lowest BCUT2D eigenvalue weighted by atomic mass is 10.0. The summed E-state index contributed by atoms with van der Waals surface area (Å²) in [5.74, 6) is -0.807. The van der Waals surface area contributed by atoms with Gasteiger partial charge in [0.15, 0.2) is 6.10 Å². The number of rotatable bonds is 65. The van der Waals surface area contributed by atoms with E-state index in [1.165, 1.54) is 295 Å². The molecule has 2 atom stereocenters.